The average molecular weight is 470 g/mol. The number of hydrogen-bond acceptors (Lipinski definition) is 5. The maximum absolute atomic E-state index is 13.1. The van der Waals surface area contributed by atoms with E-state index >= 15 is 0 Å². The van der Waals surface area contributed by atoms with Crippen LogP contribution in [-0.2, 0) is 19.6 Å². The van der Waals surface area contributed by atoms with Crippen molar-refractivity contribution in [3.8, 4) is 0 Å². The first kappa shape index (κ1) is 22.9. The Hall–Kier alpha value is -3.24. The molecule has 4 rings (SSSR count). The predicted molar refractivity (Wildman–Crippen MR) is 125 cm³/mol. The molecule has 0 atom stereocenters. The zero-order chi connectivity index (χ0) is 23.6. The molecule has 1 aromatic heterocycles. The number of nitrogens with one attached hydrogen (secondary N) is 2. The number of benzene rings is 2. The van der Waals surface area contributed by atoms with E-state index in [1.165, 1.54) is 4.31 Å². The molecule has 2 aromatic carbocycles. The van der Waals surface area contributed by atoms with Crippen LogP contribution < -0.4 is 5.32 Å². The van der Waals surface area contributed by atoms with Crippen LogP contribution in [0.3, 0.4) is 0 Å². The molecule has 10 heteroatoms. The molecule has 0 saturated carbocycles. The lowest BCUT2D eigenvalue weighted by Gasteiger charge is -2.34. The molecule has 0 radical (unpaired) electrons. The van der Waals surface area contributed by atoms with Crippen molar-refractivity contribution in [1.29, 1.82) is 0 Å². The molecule has 1 saturated heterocycles. The average Bonchev–Trinajstić information content (AvgIpc) is 3.27. The maximum Gasteiger partial charge on any atom is 0.243 e. The van der Waals surface area contributed by atoms with Crippen LogP contribution in [0, 0.1) is 13.8 Å². The fraction of sp³-hybridized carbons (Fsp3) is 0.348. The number of aromatic nitrogens is 2. The highest BCUT2D eigenvalue weighted by molar-refractivity contribution is 7.89. The van der Waals surface area contributed by atoms with Crippen LogP contribution in [0.5, 0.6) is 0 Å². The maximum atomic E-state index is 13.1. The SMILES string of the molecule is Cc1ccc(C)c(S(=O)(=O)N2CCN(C(=O)CCC(=O)Nc3ccc4[nH]ncc4c3)CC2)c1. The second-order valence-electron chi connectivity index (χ2n) is 8.27. The minimum absolute atomic E-state index is 0.0588. The standard InChI is InChI=1S/C23H27N5O4S/c1-16-3-4-17(2)21(13-16)33(31,32)28-11-9-27(10-12-28)23(30)8-7-22(29)25-19-5-6-20-18(14-19)15-24-26-20/h3-6,13-15H,7-12H2,1-2H3,(H,24,26)(H,25,29). The summed E-state index contributed by atoms with van der Waals surface area (Å²) in [5.74, 6) is -0.401. The number of hydrogen-bond donors (Lipinski definition) is 2. The zero-order valence-corrected chi connectivity index (χ0v) is 19.5. The molecule has 3 aromatic rings. The van der Waals surface area contributed by atoms with E-state index in [0.717, 1.165) is 16.5 Å². The number of nitrogens with zero attached hydrogens (tertiary/aromatic N) is 3. The van der Waals surface area contributed by atoms with Gasteiger partial charge >= 0.3 is 0 Å². The highest BCUT2D eigenvalue weighted by Crippen LogP contribution is 2.23. The van der Waals surface area contributed by atoms with Gasteiger partial charge in [-0.1, -0.05) is 12.1 Å². The van der Waals surface area contributed by atoms with Gasteiger partial charge < -0.3 is 10.2 Å². The summed E-state index contributed by atoms with van der Waals surface area (Å²) in [6, 6.07) is 10.8. The van der Waals surface area contributed by atoms with Gasteiger partial charge in [-0.25, -0.2) is 8.42 Å². The molecule has 2 N–H and O–H groups in total. The smallest absolute Gasteiger partial charge is 0.243 e. The number of carbonyl (C=O) groups is 2. The quantitative estimate of drug-likeness (QED) is 0.575. The number of sulfonamides is 1. The lowest BCUT2D eigenvalue weighted by molar-refractivity contribution is -0.133. The van der Waals surface area contributed by atoms with Crippen molar-refractivity contribution in [2.75, 3.05) is 31.5 Å². The van der Waals surface area contributed by atoms with Crippen molar-refractivity contribution in [3.63, 3.8) is 0 Å². The van der Waals surface area contributed by atoms with Gasteiger partial charge in [0.25, 0.3) is 0 Å². The molecule has 0 unspecified atom stereocenters. The number of piperazine rings is 1. The minimum atomic E-state index is -3.61. The van der Waals surface area contributed by atoms with E-state index in [4.69, 9.17) is 0 Å². The number of amides is 2. The van der Waals surface area contributed by atoms with Crippen LogP contribution in [0.4, 0.5) is 5.69 Å². The Morgan fingerprint density at radius 1 is 1.03 bits per heavy atom. The summed E-state index contributed by atoms with van der Waals surface area (Å²) in [6.07, 6.45) is 1.81. The molecule has 1 fully saturated rings. The third-order valence-corrected chi connectivity index (χ3v) is 7.88. The van der Waals surface area contributed by atoms with E-state index in [1.807, 2.05) is 25.1 Å². The molecule has 0 bridgehead atoms. The third-order valence-electron chi connectivity index (χ3n) is 5.84. The molecule has 33 heavy (non-hydrogen) atoms. The van der Waals surface area contributed by atoms with Crippen LogP contribution >= 0.6 is 0 Å². The van der Waals surface area contributed by atoms with Crippen LogP contribution in [0.15, 0.2) is 47.5 Å². The number of fused-ring (bicyclic) bond motifs is 1. The second kappa shape index (κ2) is 9.32. The Labute approximate surface area is 192 Å². The van der Waals surface area contributed by atoms with Gasteiger partial charge in [0.2, 0.25) is 21.8 Å². The summed E-state index contributed by atoms with van der Waals surface area (Å²) < 4.78 is 27.5. The number of anilines is 1. The van der Waals surface area contributed by atoms with Crippen LogP contribution in [0.1, 0.15) is 24.0 Å². The van der Waals surface area contributed by atoms with Crippen molar-refractivity contribution < 1.29 is 18.0 Å². The normalized spacial score (nSPS) is 15.0. The second-order valence-corrected chi connectivity index (χ2v) is 10.2. The molecule has 174 valence electrons. The minimum Gasteiger partial charge on any atom is -0.340 e. The molecule has 1 aliphatic heterocycles. The summed E-state index contributed by atoms with van der Waals surface area (Å²) in [5.41, 5.74) is 3.11. The summed E-state index contributed by atoms with van der Waals surface area (Å²) in [4.78, 5) is 26.8. The van der Waals surface area contributed by atoms with Crippen molar-refractivity contribution in [2.45, 2.75) is 31.6 Å². The topological polar surface area (TPSA) is 115 Å². The van der Waals surface area contributed by atoms with Gasteiger partial charge in [-0.15, -0.1) is 0 Å². The van der Waals surface area contributed by atoms with Crippen molar-refractivity contribution in [3.05, 3.63) is 53.7 Å². The summed E-state index contributed by atoms with van der Waals surface area (Å²) in [7, 11) is -3.61. The summed E-state index contributed by atoms with van der Waals surface area (Å²) in [5, 5.41) is 10.5. The molecule has 2 amide bonds. The first-order valence-corrected chi connectivity index (χ1v) is 12.3. The van der Waals surface area contributed by atoms with Crippen LogP contribution in [-0.4, -0.2) is 65.8 Å². The largest absolute Gasteiger partial charge is 0.340 e. The van der Waals surface area contributed by atoms with Crippen molar-refractivity contribution in [1.82, 2.24) is 19.4 Å². The van der Waals surface area contributed by atoms with E-state index in [9.17, 15) is 18.0 Å². The van der Waals surface area contributed by atoms with Crippen molar-refractivity contribution >= 4 is 38.4 Å². The highest BCUT2D eigenvalue weighted by atomic mass is 32.2. The van der Waals surface area contributed by atoms with E-state index in [-0.39, 0.29) is 37.7 Å². The molecule has 9 nitrogen and oxygen atoms in total. The first-order chi connectivity index (χ1) is 15.7. The third kappa shape index (κ3) is 5.07. The van der Waals surface area contributed by atoms with Gasteiger partial charge in [-0.2, -0.15) is 9.40 Å². The fourth-order valence-electron chi connectivity index (χ4n) is 3.92. The number of carbonyl (C=O) groups excluding carboxylic acids is 2. The molecule has 0 aliphatic carbocycles. The Morgan fingerprint density at radius 2 is 1.79 bits per heavy atom. The highest BCUT2D eigenvalue weighted by Gasteiger charge is 2.31. The first-order valence-electron chi connectivity index (χ1n) is 10.8. The number of H-pyrrole nitrogens is 1. The van der Waals surface area contributed by atoms with Gasteiger partial charge in [0, 0.05) is 50.1 Å². The molecular weight excluding hydrogens is 442 g/mol. The summed E-state index contributed by atoms with van der Waals surface area (Å²) >= 11 is 0. The molecular formula is C23H27N5O4S. The Morgan fingerprint density at radius 3 is 2.55 bits per heavy atom. The lowest BCUT2D eigenvalue weighted by Crippen LogP contribution is -2.50. The van der Waals surface area contributed by atoms with Gasteiger partial charge in [0.15, 0.2) is 0 Å². The Balaban J connectivity index is 1.28. The van der Waals surface area contributed by atoms with E-state index in [2.05, 4.69) is 15.5 Å². The van der Waals surface area contributed by atoms with Gasteiger partial charge in [-0.3, -0.25) is 14.7 Å². The zero-order valence-electron chi connectivity index (χ0n) is 18.7. The summed E-state index contributed by atoms with van der Waals surface area (Å²) in [6.45, 7) is 4.73. The van der Waals surface area contributed by atoms with Gasteiger partial charge in [-0.05, 0) is 49.2 Å². The van der Waals surface area contributed by atoms with E-state index in [0.29, 0.717) is 29.2 Å². The predicted octanol–water partition coefficient (Wildman–Crippen LogP) is 2.43. The number of aryl methyl sites for hydroxylation is 2. The fourth-order valence-corrected chi connectivity index (χ4v) is 5.66. The number of aromatic amines is 1. The number of rotatable bonds is 6. The van der Waals surface area contributed by atoms with E-state index in [1.54, 1.807) is 36.2 Å². The van der Waals surface area contributed by atoms with Crippen LogP contribution in [0.2, 0.25) is 0 Å². The lowest BCUT2D eigenvalue weighted by atomic mass is 10.2. The molecule has 1 aliphatic rings. The molecule has 0 spiro atoms. The Bertz CT molecular complexity index is 1290. The Kier molecular flexibility index (Phi) is 6.48. The van der Waals surface area contributed by atoms with Gasteiger partial charge in [0.05, 0.1) is 16.6 Å². The molecule has 2 heterocycles. The van der Waals surface area contributed by atoms with Crippen LogP contribution in [0.25, 0.3) is 10.9 Å². The van der Waals surface area contributed by atoms with E-state index < -0.39 is 10.0 Å². The monoisotopic (exact) mass is 469 g/mol. The van der Waals surface area contributed by atoms with Crippen molar-refractivity contribution in [2.24, 2.45) is 0 Å². The van der Waals surface area contributed by atoms with Gasteiger partial charge in [0.1, 0.15) is 0 Å².